The molecule has 2 aliphatic rings. The standard InChI is InChI=1S/C18H25ClN2O2/c1-12-10-16(12)17(14-2-4-15(19)5-3-14)20-18(23)21-8-6-13(11-22)7-9-21/h2-5,12-13,16-17,22H,6-11H2,1H3,(H,20,23). The van der Waals surface area contributed by atoms with Crippen molar-refractivity contribution in [2.75, 3.05) is 19.7 Å². The van der Waals surface area contributed by atoms with E-state index in [0.717, 1.165) is 37.9 Å². The summed E-state index contributed by atoms with van der Waals surface area (Å²) >= 11 is 5.98. The van der Waals surface area contributed by atoms with Crippen LogP contribution in [0.5, 0.6) is 0 Å². The van der Waals surface area contributed by atoms with Crippen molar-refractivity contribution in [3.05, 3.63) is 34.9 Å². The van der Waals surface area contributed by atoms with Gasteiger partial charge in [-0.25, -0.2) is 4.79 Å². The number of halogens is 1. The van der Waals surface area contributed by atoms with E-state index in [1.807, 2.05) is 29.2 Å². The highest BCUT2D eigenvalue weighted by atomic mass is 35.5. The monoisotopic (exact) mass is 336 g/mol. The molecule has 1 heterocycles. The van der Waals surface area contributed by atoms with E-state index in [1.165, 1.54) is 0 Å². The number of amides is 2. The molecule has 5 heteroatoms. The van der Waals surface area contributed by atoms with Crippen LogP contribution in [-0.4, -0.2) is 35.7 Å². The fraction of sp³-hybridized carbons (Fsp3) is 0.611. The zero-order valence-corrected chi connectivity index (χ0v) is 14.3. The average molecular weight is 337 g/mol. The van der Waals surface area contributed by atoms with E-state index in [2.05, 4.69) is 12.2 Å². The van der Waals surface area contributed by atoms with Crippen LogP contribution in [0.15, 0.2) is 24.3 Å². The van der Waals surface area contributed by atoms with Gasteiger partial charge in [-0.2, -0.15) is 0 Å². The highest BCUT2D eigenvalue weighted by Crippen LogP contribution is 2.47. The zero-order valence-electron chi connectivity index (χ0n) is 13.5. The number of nitrogens with zero attached hydrogens (tertiary/aromatic N) is 1. The van der Waals surface area contributed by atoms with Crippen molar-refractivity contribution in [1.29, 1.82) is 0 Å². The first-order valence-electron chi connectivity index (χ1n) is 8.50. The van der Waals surface area contributed by atoms with E-state index in [-0.39, 0.29) is 18.7 Å². The van der Waals surface area contributed by atoms with Gasteiger partial charge in [0, 0.05) is 24.7 Å². The molecule has 2 fully saturated rings. The molecule has 23 heavy (non-hydrogen) atoms. The lowest BCUT2D eigenvalue weighted by atomic mass is 9.98. The largest absolute Gasteiger partial charge is 0.396 e. The van der Waals surface area contributed by atoms with E-state index < -0.39 is 0 Å². The molecule has 1 aliphatic carbocycles. The molecule has 0 spiro atoms. The highest BCUT2D eigenvalue weighted by Gasteiger charge is 2.41. The van der Waals surface area contributed by atoms with Gasteiger partial charge < -0.3 is 15.3 Å². The van der Waals surface area contributed by atoms with Gasteiger partial charge in [-0.3, -0.25) is 0 Å². The number of carbonyl (C=O) groups excluding carboxylic acids is 1. The van der Waals surface area contributed by atoms with Crippen LogP contribution in [0.3, 0.4) is 0 Å². The summed E-state index contributed by atoms with van der Waals surface area (Å²) in [6.07, 6.45) is 2.92. The van der Waals surface area contributed by atoms with E-state index in [9.17, 15) is 9.90 Å². The van der Waals surface area contributed by atoms with Gasteiger partial charge in [0.15, 0.2) is 0 Å². The summed E-state index contributed by atoms with van der Waals surface area (Å²) in [6, 6.07) is 7.86. The fourth-order valence-electron chi connectivity index (χ4n) is 3.47. The first-order chi connectivity index (χ1) is 11.1. The smallest absolute Gasteiger partial charge is 0.317 e. The van der Waals surface area contributed by atoms with Gasteiger partial charge in [0.2, 0.25) is 0 Å². The summed E-state index contributed by atoms with van der Waals surface area (Å²) in [4.78, 5) is 14.5. The second kappa shape index (κ2) is 7.10. The van der Waals surface area contributed by atoms with Crippen molar-refractivity contribution in [1.82, 2.24) is 10.2 Å². The van der Waals surface area contributed by atoms with E-state index in [4.69, 9.17) is 11.6 Å². The molecule has 1 aromatic rings. The quantitative estimate of drug-likeness (QED) is 0.884. The number of aliphatic hydroxyl groups is 1. The number of benzene rings is 1. The summed E-state index contributed by atoms with van der Waals surface area (Å²) in [5.41, 5.74) is 1.13. The molecule has 3 unspecified atom stereocenters. The Balaban J connectivity index is 1.64. The van der Waals surface area contributed by atoms with Crippen LogP contribution in [0, 0.1) is 17.8 Å². The minimum atomic E-state index is 0.0143. The maximum atomic E-state index is 12.6. The molecule has 2 amide bonds. The molecule has 1 saturated carbocycles. The average Bonchev–Trinajstić information content (AvgIpc) is 3.30. The summed E-state index contributed by atoms with van der Waals surface area (Å²) in [5, 5.41) is 13.2. The second-order valence-electron chi connectivity index (χ2n) is 6.97. The summed E-state index contributed by atoms with van der Waals surface area (Å²) < 4.78 is 0. The Kier molecular flexibility index (Phi) is 5.12. The van der Waals surface area contributed by atoms with Crippen molar-refractivity contribution in [3.8, 4) is 0 Å². The van der Waals surface area contributed by atoms with Crippen molar-refractivity contribution in [2.45, 2.75) is 32.2 Å². The molecule has 2 N–H and O–H groups in total. The van der Waals surface area contributed by atoms with E-state index in [1.54, 1.807) is 0 Å². The Bertz CT molecular complexity index is 540. The van der Waals surface area contributed by atoms with Gasteiger partial charge in [-0.1, -0.05) is 30.7 Å². The molecular weight excluding hydrogens is 312 g/mol. The minimum Gasteiger partial charge on any atom is -0.396 e. The lowest BCUT2D eigenvalue weighted by Crippen LogP contribution is -2.46. The van der Waals surface area contributed by atoms with Crippen molar-refractivity contribution < 1.29 is 9.90 Å². The molecule has 3 atom stereocenters. The molecule has 1 saturated heterocycles. The Morgan fingerprint density at radius 1 is 1.35 bits per heavy atom. The zero-order chi connectivity index (χ0) is 16.4. The Morgan fingerprint density at radius 3 is 2.48 bits per heavy atom. The van der Waals surface area contributed by atoms with Crippen LogP contribution in [0.4, 0.5) is 4.79 Å². The molecular formula is C18H25ClN2O2. The van der Waals surface area contributed by atoms with Crippen LogP contribution in [-0.2, 0) is 0 Å². The Labute approximate surface area is 142 Å². The van der Waals surface area contributed by atoms with E-state index in [0.29, 0.717) is 22.8 Å². The predicted molar refractivity (Wildman–Crippen MR) is 91.4 cm³/mol. The van der Waals surface area contributed by atoms with Crippen LogP contribution in [0.25, 0.3) is 0 Å². The lowest BCUT2D eigenvalue weighted by molar-refractivity contribution is 0.135. The molecule has 0 aromatic heterocycles. The Morgan fingerprint density at radius 2 is 1.96 bits per heavy atom. The second-order valence-corrected chi connectivity index (χ2v) is 7.40. The van der Waals surface area contributed by atoms with Gasteiger partial charge >= 0.3 is 6.03 Å². The number of urea groups is 1. The van der Waals surface area contributed by atoms with Crippen LogP contribution >= 0.6 is 11.6 Å². The number of aliphatic hydroxyl groups excluding tert-OH is 1. The number of nitrogens with one attached hydrogen (secondary N) is 1. The van der Waals surface area contributed by atoms with Gasteiger partial charge in [0.05, 0.1) is 6.04 Å². The summed E-state index contributed by atoms with van der Waals surface area (Å²) in [7, 11) is 0. The maximum absolute atomic E-state index is 12.6. The number of piperidine rings is 1. The van der Waals surface area contributed by atoms with E-state index >= 15 is 0 Å². The summed E-state index contributed by atoms with van der Waals surface area (Å²) in [5.74, 6) is 1.50. The first-order valence-corrected chi connectivity index (χ1v) is 8.88. The maximum Gasteiger partial charge on any atom is 0.317 e. The number of hydrogen-bond acceptors (Lipinski definition) is 2. The Hall–Kier alpha value is -1.26. The molecule has 0 bridgehead atoms. The van der Waals surface area contributed by atoms with Crippen molar-refractivity contribution >= 4 is 17.6 Å². The molecule has 1 aromatic carbocycles. The molecule has 3 rings (SSSR count). The normalized spacial score (nSPS) is 26.0. The van der Waals surface area contributed by atoms with Crippen LogP contribution < -0.4 is 5.32 Å². The van der Waals surface area contributed by atoms with Crippen LogP contribution in [0.2, 0.25) is 5.02 Å². The first kappa shape index (κ1) is 16.6. The van der Waals surface area contributed by atoms with Crippen molar-refractivity contribution in [3.63, 3.8) is 0 Å². The molecule has 126 valence electrons. The third-order valence-corrected chi connectivity index (χ3v) is 5.52. The topological polar surface area (TPSA) is 52.6 Å². The number of likely N-dealkylation sites (tertiary alicyclic amines) is 1. The number of rotatable bonds is 4. The lowest BCUT2D eigenvalue weighted by Gasteiger charge is -2.32. The number of carbonyl (C=O) groups is 1. The van der Waals surface area contributed by atoms with Gasteiger partial charge in [0.1, 0.15) is 0 Å². The predicted octanol–water partition coefficient (Wildman–Crippen LogP) is 3.45. The minimum absolute atomic E-state index is 0.0143. The van der Waals surface area contributed by atoms with Gasteiger partial charge in [-0.15, -0.1) is 0 Å². The summed E-state index contributed by atoms with van der Waals surface area (Å²) in [6.45, 7) is 3.91. The number of hydrogen-bond donors (Lipinski definition) is 2. The van der Waals surface area contributed by atoms with Gasteiger partial charge in [0.25, 0.3) is 0 Å². The SMILES string of the molecule is CC1CC1C(NC(=O)N1CCC(CO)CC1)c1ccc(Cl)cc1. The van der Waals surface area contributed by atoms with Crippen LogP contribution in [0.1, 0.15) is 37.8 Å². The van der Waals surface area contributed by atoms with Gasteiger partial charge in [-0.05, 0) is 54.7 Å². The third kappa shape index (κ3) is 3.99. The third-order valence-electron chi connectivity index (χ3n) is 5.27. The molecule has 1 aliphatic heterocycles. The molecule has 4 nitrogen and oxygen atoms in total. The van der Waals surface area contributed by atoms with Crippen molar-refractivity contribution in [2.24, 2.45) is 17.8 Å². The fourth-order valence-corrected chi connectivity index (χ4v) is 3.59. The highest BCUT2D eigenvalue weighted by molar-refractivity contribution is 6.30. The molecule has 0 radical (unpaired) electrons.